The number of hydrogen-bond donors (Lipinski definition) is 0. The van der Waals surface area contributed by atoms with Crippen molar-refractivity contribution >= 4 is 14.2 Å². The zero-order valence-electron chi connectivity index (χ0n) is 17.0. The zero-order chi connectivity index (χ0) is 19.5. The number of amides is 1. The van der Waals surface area contributed by atoms with Crippen LogP contribution in [-0.2, 0) is 15.8 Å². The molecule has 2 rings (SSSR count). The number of nitrogens with zero attached hydrogens (tertiary/aromatic N) is 1. The van der Waals surface area contributed by atoms with E-state index in [2.05, 4.69) is 41.5 Å². The van der Waals surface area contributed by atoms with E-state index in [1.54, 1.807) is 4.90 Å². The molecule has 0 unspecified atom stereocenters. The highest BCUT2D eigenvalue weighted by Crippen LogP contribution is 2.42. The van der Waals surface area contributed by atoms with Gasteiger partial charge in [-0.1, -0.05) is 71.9 Å². The quantitative estimate of drug-likeness (QED) is 0.572. The van der Waals surface area contributed by atoms with E-state index in [4.69, 9.17) is 4.43 Å². The molecule has 0 aliphatic carbocycles. The van der Waals surface area contributed by atoms with Gasteiger partial charge < -0.3 is 9.33 Å². The largest absolute Gasteiger partial charge is 0.414 e. The Morgan fingerprint density at radius 2 is 1.62 bits per heavy atom. The van der Waals surface area contributed by atoms with Crippen molar-refractivity contribution < 1.29 is 13.6 Å². The topological polar surface area (TPSA) is 29.5 Å². The fourth-order valence-electron chi connectivity index (χ4n) is 4.71. The van der Waals surface area contributed by atoms with Crippen molar-refractivity contribution in [2.45, 2.75) is 83.3 Å². The van der Waals surface area contributed by atoms with Crippen LogP contribution >= 0.6 is 0 Å². The van der Waals surface area contributed by atoms with Crippen molar-refractivity contribution in [3.63, 3.8) is 0 Å². The summed E-state index contributed by atoms with van der Waals surface area (Å²) in [6.45, 7) is 14.3. The van der Waals surface area contributed by atoms with E-state index in [1.807, 2.05) is 30.3 Å². The second kappa shape index (κ2) is 8.66. The van der Waals surface area contributed by atoms with E-state index in [-0.39, 0.29) is 12.5 Å². The molecule has 5 heteroatoms. The molecule has 1 aliphatic heterocycles. The van der Waals surface area contributed by atoms with Gasteiger partial charge in [-0.25, -0.2) is 4.39 Å². The number of hydrogen-bond acceptors (Lipinski definition) is 2. The monoisotopic (exact) mass is 379 g/mol. The number of alkyl halides is 1. The maximum atomic E-state index is 14.2. The lowest BCUT2D eigenvalue weighted by molar-refractivity contribution is -0.133. The molecule has 0 N–H and O–H groups in total. The van der Waals surface area contributed by atoms with Crippen molar-refractivity contribution in [3.8, 4) is 0 Å². The Labute approximate surface area is 159 Å². The molecule has 1 aromatic rings. The molecule has 1 heterocycles. The van der Waals surface area contributed by atoms with Crippen molar-refractivity contribution in [2.75, 3.05) is 6.61 Å². The molecule has 0 spiro atoms. The molecule has 1 aliphatic rings. The highest BCUT2D eigenvalue weighted by Gasteiger charge is 2.47. The molecule has 0 saturated carbocycles. The molecular formula is C21H34FNO2Si. The predicted octanol–water partition coefficient (Wildman–Crippen LogP) is 5.32. The zero-order valence-corrected chi connectivity index (χ0v) is 18.0. The average molecular weight is 380 g/mol. The van der Waals surface area contributed by atoms with Gasteiger partial charge in [-0.2, -0.15) is 0 Å². The van der Waals surface area contributed by atoms with Crippen LogP contribution in [0, 0.1) is 0 Å². The molecule has 2 atom stereocenters. The fraction of sp³-hybridized carbons (Fsp3) is 0.667. The first kappa shape index (κ1) is 21.1. The first-order valence-electron chi connectivity index (χ1n) is 9.82. The second-order valence-corrected chi connectivity index (χ2v) is 13.9. The number of carbonyl (C=O) groups is 1. The molecule has 3 nitrogen and oxygen atoms in total. The van der Waals surface area contributed by atoms with Crippen molar-refractivity contribution in [1.29, 1.82) is 0 Å². The first-order chi connectivity index (χ1) is 12.2. The second-order valence-electron chi connectivity index (χ2n) is 8.44. The van der Waals surface area contributed by atoms with E-state index in [1.165, 1.54) is 0 Å². The third kappa shape index (κ3) is 4.20. The highest BCUT2D eigenvalue weighted by atomic mass is 28.4. The van der Waals surface area contributed by atoms with Gasteiger partial charge in [-0.15, -0.1) is 0 Å². The summed E-state index contributed by atoms with van der Waals surface area (Å²) in [5.41, 5.74) is 2.45. The Bertz CT molecular complexity index is 569. The summed E-state index contributed by atoms with van der Waals surface area (Å²) < 4.78 is 20.8. The normalized spacial score (nSPS) is 21.5. The van der Waals surface area contributed by atoms with Gasteiger partial charge >= 0.3 is 0 Å². The summed E-state index contributed by atoms with van der Waals surface area (Å²) in [4.78, 5) is 14.0. The van der Waals surface area contributed by atoms with Crippen LogP contribution < -0.4 is 0 Å². The number of carbonyl (C=O) groups excluding carboxylic acids is 1. The lowest BCUT2D eigenvalue weighted by atomic mass is 10.2. The lowest BCUT2D eigenvalue weighted by Crippen LogP contribution is -2.50. The molecule has 0 radical (unpaired) electrons. The number of benzene rings is 1. The summed E-state index contributed by atoms with van der Waals surface area (Å²) in [5, 5.41) is 0. The molecule has 1 fully saturated rings. The summed E-state index contributed by atoms with van der Waals surface area (Å²) >= 11 is 0. The van der Waals surface area contributed by atoms with Crippen LogP contribution in [0.4, 0.5) is 4.39 Å². The van der Waals surface area contributed by atoms with Gasteiger partial charge in [0.05, 0.1) is 12.6 Å². The smallest absolute Gasteiger partial charge is 0.257 e. The third-order valence-electron chi connectivity index (χ3n) is 5.90. The number of halogens is 1. The van der Waals surface area contributed by atoms with Gasteiger partial charge in [0.25, 0.3) is 5.91 Å². The van der Waals surface area contributed by atoms with E-state index in [9.17, 15) is 9.18 Å². The highest BCUT2D eigenvalue weighted by molar-refractivity contribution is 6.77. The van der Waals surface area contributed by atoms with Crippen LogP contribution in [-0.4, -0.2) is 37.9 Å². The van der Waals surface area contributed by atoms with Crippen LogP contribution in [0.5, 0.6) is 0 Å². The van der Waals surface area contributed by atoms with E-state index >= 15 is 0 Å². The van der Waals surface area contributed by atoms with Gasteiger partial charge in [-0.3, -0.25) is 4.79 Å². The molecule has 146 valence electrons. The Morgan fingerprint density at radius 1 is 1.08 bits per heavy atom. The van der Waals surface area contributed by atoms with Gasteiger partial charge in [0, 0.05) is 13.0 Å². The van der Waals surface area contributed by atoms with Crippen LogP contribution in [0.15, 0.2) is 30.3 Å². The fourth-order valence-corrected chi connectivity index (χ4v) is 10.2. The Balaban J connectivity index is 2.16. The first-order valence-corrected chi connectivity index (χ1v) is 12.0. The third-order valence-corrected chi connectivity index (χ3v) is 12.0. The van der Waals surface area contributed by atoms with Crippen LogP contribution in [0.2, 0.25) is 16.6 Å². The number of likely N-dealkylation sites (tertiary alicyclic amines) is 1. The Hall–Kier alpha value is -1.20. The average Bonchev–Trinajstić information content (AvgIpc) is 2.83. The van der Waals surface area contributed by atoms with Crippen LogP contribution in [0.3, 0.4) is 0 Å². The standard InChI is InChI=1S/C21H34FNO2Si/c1-15(2)26(16(3)4,17(5)6)25-14-19-12-20(22)21(24)23(19)13-18-10-8-7-9-11-18/h7-11,15-17,19-20H,12-14H2,1-6H3/t19-,20+/m0/s1. The van der Waals surface area contributed by atoms with Crippen LogP contribution in [0.25, 0.3) is 0 Å². The SMILES string of the molecule is CC(C)[Si](OC[C@@H]1C[C@@H](F)C(=O)N1Cc1ccccc1)(C(C)C)C(C)C. The van der Waals surface area contributed by atoms with E-state index in [0.29, 0.717) is 29.8 Å². The molecule has 0 aromatic heterocycles. The minimum absolute atomic E-state index is 0.180. The van der Waals surface area contributed by atoms with Gasteiger partial charge in [-0.05, 0) is 22.2 Å². The maximum absolute atomic E-state index is 14.2. The maximum Gasteiger partial charge on any atom is 0.257 e. The molecule has 1 aromatic carbocycles. The minimum atomic E-state index is -2.02. The van der Waals surface area contributed by atoms with Gasteiger partial charge in [0.15, 0.2) is 14.5 Å². The minimum Gasteiger partial charge on any atom is -0.414 e. The van der Waals surface area contributed by atoms with Gasteiger partial charge in [0.2, 0.25) is 0 Å². The predicted molar refractivity (Wildman–Crippen MR) is 107 cm³/mol. The van der Waals surface area contributed by atoms with Gasteiger partial charge in [0.1, 0.15) is 0 Å². The van der Waals surface area contributed by atoms with Crippen molar-refractivity contribution in [2.24, 2.45) is 0 Å². The summed E-state index contributed by atoms with van der Waals surface area (Å²) in [6.07, 6.45) is -1.16. The summed E-state index contributed by atoms with van der Waals surface area (Å²) in [6, 6.07) is 9.62. The van der Waals surface area contributed by atoms with Crippen molar-refractivity contribution in [1.82, 2.24) is 4.90 Å². The summed E-state index contributed by atoms with van der Waals surface area (Å²) in [7, 11) is -2.02. The van der Waals surface area contributed by atoms with E-state index in [0.717, 1.165) is 5.56 Å². The number of rotatable bonds is 8. The lowest BCUT2D eigenvalue weighted by Gasteiger charge is -2.43. The Kier molecular flexibility index (Phi) is 7.03. The Morgan fingerprint density at radius 3 is 2.12 bits per heavy atom. The molecular weight excluding hydrogens is 345 g/mol. The molecule has 0 bridgehead atoms. The molecule has 1 amide bonds. The summed E-state index contributed by atoms with van der Waals surface area (Å²) in [5.74, 6) is -0.395. The van der Waals surface area contributed by atoms with E-state index < -0.39 is 20.4 Å². The molecule has 1 saturated heterocycles. The van der Waals surface area contributed by atoms with Crippen LogP contribution in [0.1, 0.15) is 53.5 Å². The van der Waals surface area contributed by atoms with Crippen molar-refractivity contribution in [3.05, 3.63) is 35.9 Å². The molecule has 26 heavy (non-hydrogen) atoms.